The Morgan fingerprint density at radius 2 is 2.28 bits per heavy atom. The van der Waals surface area contributed by atoms with Gasteiger partial charge in [-0.1, -0.05) is 13.8 Å². The van der Waals surface area contributed by atoms with Crippen LogP contribution in [0, 0.1) is 12.3 Å². The fourth-order valence-electron chi connectivity index (χ4n) is 2.75. The molecule has 18 heavy (non-hydrogen) atoms. The molecular formula is C14H25N3S. The van der Waals surface area contributed by atoms with Gasteiger partial charge in [0, 0.05) is 36.1 Å². The summed E-state index contributed by atoms with van der Waals surface area (Å²) in [4.78, 5) is 0. The third kappa shape index (κ3) is 3.09. The number of nitrogens with one attached hydrogen (secondary N) is 1. The lowest BCUT2D eigenvalue weighted by Crippen LogP contribution is -2.41. The van der Waals surface area contributed by atoms with Crippen LogP contribution in [-0.4, -0.2) is 27.3 Å². The van der Waals surface area contributed by atoms with Gasteiger partial charge in [0.15, 0.2) is 0 Å². The van der Waals surface area contributed by atoms with Crippen LogP contribution in [-0.2, 0) is 7.05 Å². The first kappa shape index (κ1) is 13.9. The van der Waals surface area contributed by atoms with Gasteiger partial charge >= 0.3 is 0 Å². The van der Waals surface area contributed by atoms with Crippen LogP contribution in [0.3, 0.4) is 0 Å². The summed E-state index contributed by atoms with van der Waals surface area (Å²) >= 11 is 2.07. The summed E-state index contributed by atoms with van der Waals surface area (Å²) in [5.74, 6) is 2.51. The monoisotopic (exact) mass is 267 g/mol. The molecule has 0 aliphatic carbocycles. The van der Waals surface area contributed by atoms with Gasteiger partial charge in [-0.05, 0) is 31.4 Å². The van der Waals surface area contributed by atoms with Gasteiger partial charge in [-0.2, -0.15) is 16.9 Å². The van der Waals surface area contributed by atoms with E-state index in [2.05, 4.69) is 49.9 Å². The predicted molar refractivity (Wildman–Crippen MR) is 79.0 cm³/mol. The van der Waals surface area contributed by atoms with Gasteiger partial charge in [0.1, 0.15) is 0 Å². The van der Waals surface area contributed by atoms with Crippen molar-refractivity contribution in [1.82, 2.24) is 15.1 Å². The van der Waals surface area contributed by atoms with Gasteiger partial charge in [0.05, 0.1) is 6.20 Å². The Hall–Kier alpha value is -0.480. The number of hydrogen-bond acceptors (Lipinski definition) is 3. The second kappa shape index (κ2) is 5.25. The zero-order chi connectivity index (χ0) is 13.3. The largest absolute Gasteiger partial charge is 0.306 e. The van der Waals surface area contributed by atoms with Crippen LogP contribution in [0.15, 0.2) is 6.20 Å². The van der Waals surface area contributed by atoms with Crippen LogP contribution in [0.4, 0.5) is 0 Å². The minimum atomic E-state index is 0.387. The molecule has 1 N–H and O–H groups in total. The van der Waals surface area contributed by atoms with E-state index in [9.17, 15) is 0 Å². The van der Waals surface area contributed by atoms with Crippen LogP contribution in [0.25, 0.3) is 0 Å². The quantitative estimate of drug-likeness (QED) is 0.913. The Kier molecular flexibility index (Phi) is 4.07. The molecule has 2 heterocycles. The molecule has 1 saturated heterocycles. The molecule has 0 bridgehead atoms. The Morgan fingerprint density at radius 3 is 2.83 bits per heavy atom. The number of nitrogens with zero attached hydrogens (tertiary/aromatic N) is 2. The normalized spacial score (nSPS) is 25.1. The summed E-state index contributed by atoms with van der Waals surface area (Å²) < 4.78 is 1.95. The Balaban J connectivity index is 1.99. The number of hydrogen-bond donors (Lipinski definition) is 1. The van der Waals surface area contributed by atoms with Crippen LogP contribution in [0.5, 0.6) is 0 Å². The van der Waals surface area contributed by atoms with Crippen molar-refractivity contribution in [3.05, 3.63) is 17.5 Å². The number of aromatic nitrogens is 2. The molecule has 2 unspecified atom stereocenters. The van der Waals surface area contributed by atoms with Crippen molar-refractivity contribution in [2.24, 2.45) is 12.5 Å². The first-order valence-electron chi connectivity index (χ1n) is 6.71. The van der Waals surface area contributed by atoms with Gasteiger partial charge < -0.3 is 5.32 Å². The van der Waals surface area contributed by atoms with Gasteiger partial charge in [-0.3, -0.25) is 4.68 Å². The molecule has 1 fully saturated rings. The smallest absolute Gasteiger partial charge is 0.0540 e. The minimum Gasteiger partial charge on any atom is -0.306 e. The molecular weight excluding hydrogens is 242 g/mol. The second-order valence-corrected chi connectivity index (χ2v) is 7.31. The maximum atomic E-state index is 4.33. The van der Waals surface area contributed by atoms with Gasteiger partial charge in [-0.15, -0.1) is 0 Å². The van der Waals surface area contributed by atoms with E-state index in [0.29, 0.717) is 17.5 Å². The van der Waals surface area contributed by atoms with E-state index in [0.717, 1.165) is 0 Å². The van der Waals surface area contributed by atoms with E-state index in [1.165, 1.54) is 29.2 Å². The zero-order valence-electron chi connectivity index (χ0n) is 12.2. The van der Waals surface area contributed by atoms with Crippen LogP contribution in [0.2, 0.25) is 0 Å². The molecule has 102 valence electrons. The molecule has 0 radical (unpaired) electrons. The second-order valence-electron chi connectivity index (χ2n) is 6.28. The van der Waals surface area contributed by atoms with E-state index in [-0.39, 0.29) is 0 Å². The molecule has 2 rings (SSSR count). The summed E-state index contributed by atoms with van der Waals surface area (Å²) in [6.45, 7) is 9.12. The molecule has 3 nitrogen and oxygen atoms in total. The zero-order valence-corrected chi connectivity index (χ0v) is 13.0. The lowest BCUT2D eigenvalue weighted by atomic mass is 9.87. The molecule has 0 spiro atoms. The first-order valence-corrected chi connectivity index (χ1v) is 7.87. The van der Waals surface area contributed by atoms with Gasteiger partial charge in [0.25, 0.3) is 0 Å². The number of aryl methyl sites for hydroxylation is 1. The Labute approximate surface area is 115 Å². The standard InChI is InChI=1S/C14H25N3S/c1-10(13-7-15-17(5)11(13)2)16-12-6-14(3,4)9-18-8-12/h7,10,12,16H,6,8-9H2,1-5H3. The van der Waals surface area contributed by atoms with Crippen molar-refractivity contribution in [3.8, 4) is 0 Å². The van der Waals surface area contributed by atoms with E-state index < -0.39 is 0 Å². The van der Waals surface area contributed by atoms with Crippen molar-refractivity contribution in [1.29, 1.82) is 0 Å². The lowest BCUT2D eigenvalue weighted by molar-refractivity contribution is 0.305. The third-order valence-corrected chi connectivity index (χ3v) is 5.46. The Morgan fingerprint density at radius 1 is 1.56 bits per heavy atom. The van der Waals surface area contributed by atoms with E-state index in [1.807, 2.05) is 17.9 Å². The highest BCUT2D eigenvalue weighted by molar-refractivity contribution is 7.99. The maximum absolute atomic E-state index is 4.33. The van der Waals surface area contributed by atoms with Crippen molar-refractivity contribution in [2.45, 2.75) is 46.2 Å². The highest BCUT2D eigenvalue weighted by Gasteiger charge is 2.29. The molecule has 2 atom stereocenters. The summed E-state index contributed by atoms with van der Waals surface area (Å²) in [6, 6.07) is 1.01. The minimum absolute atomic E-state index is 0.387. The molecule has 0 amide bonds. The summed E-state index contributed by atoms with van der Waals surface area (Å²) in [5.41, 5.74) is 3.05. The molecule has 1 aromatic heterocycles. The van der Waals surface area contributed by atoms with Crippen LogP contribution < -0.4 is 5.32 Å². The average Bonchev–Trinajstić information content (AvgIpc) is 2.58. The van der Waals surface area contributed by atoms with Gasteiger partial charge in [-0.25, -0.2) is 0 Å². The highest BCUT2D eigenvalue weighted by atomic mass is 32.2. The molecule has 0 saturated carbocycles. The van der Waals surface area contributed by atoms with Crippen molar-refractivity contribution < 1.29 is 0 Å². The fourth-order valence-corrected chi connectivity index (χ4v) is 4.04. The maximum Gasteiger partial charge on any atom is 0.0540 e. The van der Waals surface area contributed by atoms with Crippen LogP contribution >= 0.6 is 11.8 Å². The number of thioether (sulfide) groups is 1. The summed E-state index contributed by atoms with van der Waals surface area (Å²) in [5, 5.41) is 8.10. The molecule has 1 aromatic rings. The number of rotatable bonds is 3. The molecule has 1 aliphatic rings. The van der Waals surface area contributed by atoms with Gasteiger partial charge in [0.2, 0.25) is 0 Å². The van der Waals surface area contributed by atoms with E-state index in [4.69, 9.17) is 0 Å². The molecule has 1 aliphatic heterocycles. The summed E-state index contributed by atoms with van der Waals surface area (Å²) in [6.07, 6.45) is 3.26. The van der Waals surface area contributed by atoms with Crippen LogP contribution in [0.1, 0.15) is 44.5 Å². The van der Waals surface area contributed by atoms with E-state index >= 15 is 0 Å². The fraction of sp³-hybridized carbons (Fsp3) is 0.786. The van der Waals surface area contributed by atoms with Crippen molar-refractivity contribution in [3.63, 3.8) is 0 Å². The summed E-state index contributed by atoms with van der Waals surface area (Å²) in [7, 11) is 2.01. The van der Waals surface area contributed by atoms with Crippen molar-refractivity contribution >= 4 is 11.8 Å². The average molecular weight is 267 g/mol. The van der Waals surface area contributed by atoms with E-state index in [1.54, 1.807) is 0 Å². The SMILES string of the molecule is Cc1c(C(C)NC2CSCC(C)(C)C2)cnn1C. The Bertz CT molecular complexity index is 411. The molecule has 4 heteroatoms. The third-order valence-electron chi connectivity index (χ3n) is 3.84. The predicted octanol–water partition coefficient (Wildman–Crippen LogP) is 2.91. The molecule has 0 aromatic carbocycles. The van der Waals surface area contributed by atoms with Crippen molar-refractivity contribution in [2.75, 3.05) is 11.5 Å². The topological polar surface area (TPSA) is 29.9 Å². The first-order chi connectivity index (χ1) is 8.39. The lowest BCUT2D eigenvalue weighted by Gasteiger charge is -2.36. The highest BCUT2D eigenvalue weighted by Crippen LogP contribution is 2.34.